The van der Waals surface area contributed by atoms with Crippen LogP contribution in [0.2, 0.25) is 0 Å². The molecular weight excluding hydrogens is 1200 g/mol. The summed E-state index contributed by atoms with van der Waals surface area (Å²) in [5, 5.41) is 25.0. The predicted octanol–water partition coefficient (Wildman–Crippen LogP) is 7.20. The molecule has 23 heteroatoms. The van der Waals surface area contributed by atoms with Crippen molar-refractivity contribution in [2.45, 2.75) is 213 Å². The largest absolute Gasteiger partial charge is 0.449 e. The van der Waals surface area contributed by atoms with Crippen molar-refractivity contribution in [2.24, 2.45) is 53.1 Å². The number of hydrogen-bond acceptors (Lipinski definition) is 14. The number of benzene rings is 2. The minimum Gasteiger partial charge on any atom is -0.449 e. The van der Waals surface area contributed by atoms with Crippen LogP contribution in [0.3, 0.4) is 0 Å². The fourth-order valence-corrected chi connectivity index (χ4v) is 13.8. The number of alkyl carbamates (subject to hydrolysis) is 1. The first-order valence-corrected chi connectivity index (χ1v) is 33.7. The van der Waals surface area contributed by atoms with Gasteiger partial charge in [-0.2, -0.15) is 0 Å². The van der Waals surface area contributed by atoms with E-state index in [0.29, 0.717) is 60.8 Å². The minimum atomic E-state index is -1.07. The molecule has 3 aliphatic rings. The Bertz CT molecular complexity index is 2900. The lowest BCUT2D eigenvalue weighted by molar-refractivity contribution is -0.152. The van der Waals surface area contributed by atoms with E-state index in [2.05, 4.69) is 38.4 Å². The average molecular weight is 1310 g/mol. The summed E-state index contributed by atoms with van der Waals surface area (Å²) in [4.78, 5) is 128. The molecule has 1 aliphatic heterocycles. The number of primary amides is 1. The summed E-state index contributed by atoms with van der Waals surface area (Å²) in [6.45, 7) is 20.8. The van der Waals surface area contributed by atoms with Gasteiger partial charge in [0.05, 0.1) is 60.9 Å². The first-order chi connectivity index (χ1) is 44.5. The third-order valence-electron chi connectivity index (χ3n) is 19.5. The number of urea groups is 1. The van der Waals surface area contributed by atoms with Gasteiger partial charge in [0.1, 0.15) is 24.7 Å². The van der Waals surface area contributed by atoms with Gasteiger partial charge in [-0.3, -0.25) is 33.7 Å². The highest BCUT2D eigenvalue weighted by Crippen LogP contribution is 2.52. The Labute approximate surface area is 557 Å². The lowest BCUT2D eigenvalue weighted by atomic mass is 9.82. The van der Waals surface area contributed by atoms with Gasteiger partial charge in [0.2, 0.25) is 29.5 Å². The molecule has 94 heavy (non-hydrogen) atoms. The summed E-state index contributed by atoms with van der Waals surface area (Å²) in [5.41, 5.74) is 6.24. The number of hydrogen-bond donors (Lipinski definition) is 7. The first kappa shape index (κ1) is 77.4. The van der Waals surface area contributed by atoms with Crippen molar-refractivity contribution >= 4 is 53.5 Å². The van der Waals surface area contributed by atoms with Crippen molar-refractivity contribution in [2.75, 3.05) is 48.0 Å². The number of likely N-dealkylation sites (N-methyl/N-ethyl adjacent to an activating group) is 2. The van der Waals surface area contributed by atoms with Gasteiger partial charge in [0, 0.05) is 60.7 Å². The fraction of sp³-hybridized carbons (Fsp3) is 0.676. The van der Waals surface area contributed by atoms with Crippen LogP contribution in [0.4, 0.5) is 14.4 Å². The number of fused-ring (bicyclic) bond motifs is 1. The van der Waals surface area contributed by atoms with E-state index in [-0.39, 0.29) is 74.4 Å². The lowest BCUT2D eigenvalue weighted by Gasteiger charge is -2.44. The Morgan fingerprint density at radius 1 is 0.745 bits per heavy atom. The van der Waals surface area contributed by atoms with Crippen molar-refractivity contribution in [3.05, 3.63) is 71.3 Å². The number of nitrogens with zero attached hydrogens (tertiary/aromatic N) is 3. The zero-order chi connectivity index (χ0) is 69.7. The van der Waals surface area contributed by atoms with Crippen LogP contribution in [0.25, 0.3) is 0 Å². The second-order valence-electron chi connectivity index (χ2n) is 27.3. The maximum absolute atomic E-state index is 14.9. The molecule has 1 heterocycles. The topological polar surface area (TPSA) is 307 Å². The van der Waals surface area contributed by atoms with Crippen LogP contribution in [0.1, 0.15) is 163 Å². The Balaban J connectivity index is 1.19. The molecule has 522 valence electrons. The molecule has 2 aromatic rings. The molecule has 2 unspecified atom stereocenters. The molecule has 2 aromatic carbocycles. The molecule has 5 rings (SSSR count). The quantitative estimate of drug-likeness (QED) is 0.0265. The molecule has 8 N–H and O–H groups in total. The summed E-state index contributed by atoms with van der Waals surface area (Å²) in [7, 11) is 6.14. The summed E-state index contributed by atoms with van der Waals surface area (Å²) in [6, 6.07) is 9.82. The molecule has 0 radical (unpaired) electrons. The van der Waals surface area contributed by atoms with Gasteiger partial charge in [-0.25, -0.2) is 14.4 Å². The Kier molecular flexibility index (Phi) is 30.1. The smallest absolute Gasteiger partial charge is 0.410 e. The molecule has 23 nitrogen and oxygen atoms in total. The van der Waals surface area contributed by atoms with Crippen LogP contribution in [-0.2, 0) is 60.7 Å². The van der Waals surface area contributed by atoms with Crippen LogP contribution in [-0.4, -0.2) is 175 Å². The number of carbonyl (C=O) groups is 9. The van der Waals surface area contributed by atoms with E-state index in [4.69, 9.17) is 24.7 Å². The Hall–Kier alpha value is -7.29. The zero-order valence-electron chi connectivity index (χ0n) is 58.3. The van der Waals surface area contributed by atoms with Crippen LogP contribution in [0.15, 0.2) is 54.6 Å². The number of nitrogens with one attached hydrogen (secondary N) is 5. The van der Waals surface area contributed by atoms with Gasteiger partial charge < -0.3 is 66.2 Å². The Morgan fingerprint density at radius 3 is 1.93 bits per heavy atom. The minimum absolute atomic E-state index is 0.0825. The van der Waals surface area contributed by atoms with E-state index < -0.39 is 114 Å². The van der Waals surface area contributed by atoms with Crippen LogP contribution in [0, 0.1) is 59.2 Å². The second-order valence-corrected chi connectivity index (χ2v) is 27.3. The lowest BCUT2D eigenvalue weighted by Crippen LogP contribution is -2.61. The summed E-state index contributed by atoms with van der Waals surface area (Å²) >= 11 is 0. The first-order valence-electron chi connectivity index (χ1n) is 33.7. The van der Waals surface area contributed by atoms with E-state index in [9.17, 15) is 48.3 Å². The van der Waals surface area contributed by atoms with E-state index >= 15 is 0 Å². The van der Waals surface area contributed by atoms with Crippen molar-refractivity contribution in [3.63, 3.8) is 0 Å². The van der Waals surface area contributed by atoms with Crippen molar-refractivity contribution in [1.29, 1.82) is 0 Å². The van der Waals surface area contributed by atoms with Gasteiger partial charge >= 0.3 is 18.2 Å². The van der Waals surface area contributed by atoms with E-state index in [1.54, 1.807) is 94.8 Å². The summed E-state index contributed by atoms with van der Waals surface area (Å²) in [6.07, 6.45) is 1.83. The molecule has 2 fully saturated rings. The number of ether oxygens (including phenoxy) is 4. The van der Waals surface area contributed by atoms with Crippen LogP contribution < -0.4 is 32.3 Å². The molecule has 2 aliphatic carbocycles. The molecule has 1 saturated carbocycles. The van der Waals surface area contributed by atoms with Gasteiger partial charge in [0.25, 0.3) is 0 Å². The third-order valence-corrected chi connectivity index (χ3v) is 19.5. The van der Waals surface area contributed by atoms with Crippen LogP contribution >= 0.6 is 0 Å². The number of likely N-dealkylation sites (tertiary alicyclic amines) is 1. The molecule has 0 bridgehead atoms. The second kappa shape index (κ2) is 36.6. The molecule has 1 saturated heterocycles. The number of methoxy groups -OCH3 is 2. The van der Waals surface area contributed by atoms with Crippen molar-refractivity contribution in [3.8, 4) is 11.8 Å². The number of Topliss-reactive ketones (excluding diaryl/α,β-unsaturated/α-hetero) is 1. The number of nitrogens with two attached hydrogens (primary N) is 1. The number of aliphatic hydroxyl groups excluding tert-OH is 1. The van der Waals surface area contributed by atoms with Gasteiger partial charge in [-0.05, 0) is 110 Å². The Morgan fingerprint density at radius 2 is 1.36 bits per heavy atom. The normalized spacial score (nSPS) is 21.1. The third kappa shape index (κ3) is 21.1. The predicted molar refractivity (Wildman–Crippen MR) is 357 cm³/mol. The summed E-state index contributed by atoms with van der Waals surface area (Å²) < 4.78 is 23.6. The number of amides is 9. The highest BCUT2D eigenvalue weighted by Gasteiger charge is 2.52. The SMILES string of the molecule is CC[C@H](C)[C@@H]([C@@H](CC(=O)N1CCC[C@@]1(C)[C@H](OC)[C@@H](C)C(=O)N[C@H](C)[C@@H](O)c1ccccc1)OC)N(C)C(=O)[C@@H](NC(=O)[C@H](C(C)C)N(C)C(=O)OCc1ccc(CC(=O)[C@H](CCCNC(N)=O)NC(=O)[C@@H](NC(=O)OCC2C3CCC#CCCC32)C(C)C)cc1)C(C)C. The fourth-order valence-electron chi connectivity index (χ4n) is 13.8. The average Bonchev–Trinajstić information content (AvgIpc) is 1.58. The van der Waals surface area contributed by atoms with Gasteiger partial charge in [0.15, 0.2) is 5.78 Å². The zero-order valence-corrected chi connectivity index (χ0v) is 58.3. The van der Waals surface area contributed by atoms with Crippen molar-refractivity contribution < 1.29 is 67.2 Å². The number of ketones is 1. The molecule has 14 atom stereocenters. The molecular formula is C71H109N9O14. The molecule has 0 spiro atoms. The number of carbonyl (C=O) groups excluding carboxylic acids is 9. The number of aliphatic hydroxyl groups is 1. The standard InChI is InChI=1S/C71H109N9O14/c1-16-45(8)61(56(91-14)39-57(82)80-37-25-35-71(80,11)63(92-15)46(9)64(84)74-47(10)62(83)50-26-20-19-21-27-50)78(12)67(87)59(43(4)5)76-66(86)60(44(6)7)79(13)70(90)94-40-49-33-31-48(32-34-49)38-55(81)54(30-24-36-73-68(72)88)75-65(85)58(42(2)3)77-69(89)93-41-53-51-28-22-17-18-23-29-52(51)53/h19-21,26-27,31-34,42-47,51-54,56,58-63,83H,16,22-25,28-30,35-41H2,1-15H3,(H,74,84)(H,75,85)(H,76,86)(H,77,89)(H3,72,73,88)/t45-,46+,47+,51?,52?,53?,54-,56+,58-,59-,60-,61-,62+,63+,71-/m0/s1. The summed E-state index contributed by atoms with van der Waals surface area (Å²) in [5.74, 6) is 3.07. The highest BCUT2D eigenvalue weighted by atomic mass is 16.6. The maximum Gasteiger partial charge on any atom is 0.410 e. The van der Waals surface area contributed by atoms with E-state index in [1.807, 2.05) is 52.8 Å². The maximum atomic E-state index is 14.9. The van der Waals surface area contributed by atoms with Crippen molar-refractivity contribution in [1.82, 2.24) is 41.3 Å². The number of rotatable bonds is 35. The van der Waals surface area contributed by atoms with Gasteiger partial charge in [-0.1, -0.05) is 123 Å². The highest BCUT2D eigenvalue weighted by molar-refractivity contribution is 5.94. The molecule has 0 aromatic heterocycles. The molecule has 9 amide bonds. The van der Waals surface area contributed by atoms with Gasteiger partial charge in [-0.15, -0.1) is 11.8 Å². The van der Waals surface area contributed by atoms with E-state index in [0.717, 1.165) is 25.7 Å². The van der Waals surface area contributed by atoms with E-state index in [1.165, 1.54) is 26.2 Å². The van der Waals surface area contributed by atoms with Crippen LogP contribution in [0.5, 0.6) is 0 Å². The monoisotopic (exact) mass is 1310 g/mol.